The standard InChI is InChI=1S/C15H27N3O3/c1-12(2)10-16-6-8-17(9-7-16)15(21)18-5-3-4-13(11-18)14(19)20/h12-13H,3-11H2,1-2H3,(H,19,20)/t13-/m0/s1. The number of nitrogens with zero attached hydrogens (tertiary/aromatic N) is 3. The molecule has 0 unspecified atom stereocenters. The van der Waals surface area contributed by atoms with Gasteiger partial charge in [-0.15, -0.1) is 0 Å². The van der Waals surface area contributed by atoms with Gasteiger partial charge in [-0.2, -0.15) is 0 Å². The zero-order valence-electron chi connectivity index (χ0n) is 13.1. The number of hydrogen-bond donors (Lipinski definition) is 1. The second kappa shape index (κ2) is 7.11. The van der Waals surface area contributed by atoms with Crippen LogP contribution in [0.1, 0.15) is 26.7 Å². The Hall–Kier alpha value is -1.30. The number of urea groups is 1. The van der Waals surface area contributed by atoms with Crippen LogP contribution in [-0.4, -0.2) is 77.6 Å². The fraction of sp³-hybridized carbons (Fsp3) is 0.867. The van der Waals surface area contributed by atoms with Crippen molar-refractivity contribution in [3.8, 4) is 0 Å². The predicted molar refractivity (Wildman–Crippen MR) is 80.2 cm³/mol. The highest BCUT2D eigenvalue weighted by molar-refractivity contribution is 5.76. The summed E-state index contributed by atoms with van der Waals surface area (Å²) in [5, 5.41) is 9.11. The lowest BCUT2D eigenvalue weighted by atomic mass is 9.98. The van der Waals surface area contributed by atoms with Crippen LogP contribution in [0.2, 0.25) is 0 Å². The van der Waals surface area contributed by atoms with Crippen molar-refractivity contribution in [2.45, 2.75) is 26.7 Å². The topological polar surface area (TPSA) is 64.1 Å². The van der Waals surface area contributed by atoms with Gasteiger partial charge in [-0.3, -0.25) is 9.69 Å². The average molecular weight is 297 g/mol. The highest BCUT2D eigenvalue weighted by Gasteiger charge is 2.31. The molecule has 1 N–H and O–H groups in total. The maximum atomic E-state index is 12.5. The van der Waals surface area contributed by atoms with Crippen molar-refractivity contribution in [2.24, 2.45) is 11.8 Å². The molecule has 0 aromatic carbocycles. The Morgan fingerprint density at radius 3 is 2.33 bits per heavy atom. The Kier molecular flexibility index (Phi) is 5.45. The number of rotatable bonds is 3. The van der Waals surface area contributed by atoms with Crippen LogP contribution in [0, 0.1) is 11.8 Å². The van der Waals surface area contributed by atoms with Crippen molar-refractivity contribution in [3.63, 3.8) is 0 Å². The molecule has 0 aromatic heterocycles. The predicted octanol–water partition coefficient (Wildman–Crippen LogP) is 1.18. The van der Waals surface area contributed by atoms with E-state index in [1.807, 2.05) is 4.90 Å². The summed E-state index contributed by atoms with van der Waals surface area (Å²) in [6, 6.07) is 0.0187. The van der Waals surface area contributed by atoms with Crippen molar-refractivity contribution in [1.29, 1.82) is 0 Å². The van der Waals surface area contributed by atoms with Gasteiger partial charge in [0.2, 0.25) is 0 Å². The smallest absolute Gasteiger partial charge is 0.320 e. The zero-order valence-corrected chi connectivity index (χ0v) is 13.1. The van der Waals surface area contributed by atoms with Crippen LogP contribution in [0.15, 0.2) is 0 Å². The maximum absolute atomic E-state index is 12.5. The van der Waals surface area contributed by atoms with Crippen LogP contribution < -0.4 is 0 Å². The first-order valence-electron chi connectivity index (χ1n) is 7.96. The third-order valence-corrected chi connectivity index (χ3v) is 4.31. The number of likely N-dealkylation sites (tertiary alicyclic amines) is 1. The minimum Gasteiger partial charge on any atom is -0.481 e. The molecule has 0 aliphatic carbocycles. The Labute approximate surface area is 126 Å². The quantitative estimate of drug-likeness (QED) is 0.849. The van der Waals surface area contributed by atoms with Crippen molar-refractivity contribution >= 4 is 12.0 Å². The molecule has 2 aliphatic rings. The molecule has 0 aromatic rings. The third kappa shape index (κ3) is 4.33. The monoisotopic (exact) mass is 297 g/mol. The number of aliphatic carboxylic acids is 1. The lowest BCUT2D eigenvalue weighted by Crippen LogP contribution is -2.55. The minimum absolute atomic E-state index is 0.0187. The highest BCUT2D eigenvalue weighted by Crippen LogP contribution is 2.18. The summed E-state index contributed by atoms with van der Waals surface area (Å²) in [6.07, 6.45) is 1.47. The van der Waals surface area contributed by atoms with Crippen LogP contribution in [0.5, 0.6) is 0 Å². The molecular weight excluding hydrogens is 270 g/mol. The number of hydrogen-bond acceptors (Lipinski definition) is 3. The molecule has 21 heavy (non-hydrogen) atoms. The van der Waals surface area contributed by atoms with E-state index in [4.69, 9.17) is 5.11 Å². The van der Waals surface area contributed by atoms with Gasteiger partial charge in [-0.1, -0.05) is 13.8 Å². The summed E-state index contributed by atoms with van der Waals surface area (Å²) < 4.78 is 0. The Morgan fingerprint density at radius 1 is 1.10 bits per heavy atom. The number of carbonyl (C=O) groups excluding carboxylic acids is 1. The number of carboxylic acid groups (broad SMARTS) is 1. The van der Waals surface area contributed by atoms with E-state index in [9.17, 15) is 9.59 Å². The lowest BCUT2D eigenvalue weighted by molar-refractivity contribution is -0.143. The zero-order chi connectivity index (χ0) is 15.4. The molecule has 2 aliphatic heterocycles. The molecule has 1 atom stereocenters. The summed E-state index contributed by atoms with van der Waals surface area (Å²) in [7, 11) is 0. The van der Waals surface area contributed by atoms with E-state index in [1.165, 1.54) is 0 Å². The van der Waals surface area contributed by atoms with Crippen LogP contribution >= 0.6 is 0 Å². The summed E-state index contributed by atoms with van der Waals surface area (Å²) in [4.78, 5) is 29.6. The molecule has 2 amide bonds. The molecular formula is C15H27N3O3. The van der Waals surface area contributed by atoms with Gasteiger partial charge in [0.1, 0.15) is 0 Å². The molecule has 2 fully saturated rings. The Morgan fingerprint density at radius 2 is 1.76 bits per heavy atom. The van der Waals surface area contributed by atoms with Gasteiger partial charge in [0.05, 0.1) is 5.92 Å². The van der Waals surface area contributed by atoms with Crippen molar-refractivity contribution < 1.29 is 14.7 Å². The normalized spacial score (nSPS) is 24.4. The molecule has 2 rings (SSSR count). The molecule has 0 bridgehead atoms. The summed E-state index contributed by atoms with van der Waals surface area (Å²) in [5.41, 5.74) is 0. The molecule has 2 saturated heterocycles. The fourth-order valence-corrected chi connectivity index (χ4v) is 3.19. The summed E-state index contributed by atoms with van der Waals surface area (Å²) in [6.45, 7) is 9.87. The van der Waals surface area contributed by atoms with E-state index in [1.54, 1.807) is 4.90 Å². The summed E-state index contributed by atoms with van der Waals surface area (Å²) >= 11 is 0. The van der Waals surface area contributed by atoms with Gasteiger partial charge in [0, 0.05) is 45.8 Å². The number of piperidine rings is 1. The maximum Gasteiger partial charge on any atom is 0.320 e. The van der Waals surface area contributed by atoms with E-state index >= 15 is 0 Å². The van der Waals surface area contributed by atoms with E-state index < -0.39 is 11.9 Å². The number of amides is 2. The van der Waals surface area contributed by atoms with Crippen LogP contribution in [0.3, 0.4) is 0 Å². The third-order valence-electron chi connectivity index (χ3n) is 4.31. The van der Waals surface area contributed by atoms with E-state index in [2.05, 4.69) is 18.7 Å². The second-order valence-corrected chi connectivity index (χ2v) is 6.59. The van der Waals surface area contributed by atoms with Gasteiger partial charge in [0.15, 0.2) is 0 Å². The SMILES string of the molecule is CC(C)CN1CCN(C(=O)N2CCC[C@H](C(=O)O)C2)CC1. The van der Waals surface area contributed by atoms with Gasteiger partial charge in [-0.05, 0) is 18.8 Å². The van der Waals surface area contributed by atoms with Gasteiger partial charge >= 0.3 is 12.0 Å². The number of carbonyl (C=O) groups is 2. The lowest BCUT2D eigenvalue weighted by Gasteiger charge is -2.39. The molecule has 2 heterocycles. The minimum atomic E-state index is -0.783. The van der Waals surface area contributed by atoms with Gasteiger partial charge in [0.25, 0.3) is 0 Å². The van der Waals surface area contributed by atoms with Crippen LogP contribution in [-0.2, 0) is 4.79 Å². The molecule has 0 saturated carbocycles. The first-order chi connectivity index (χ1) is 9.97. The van der Waals surface area contributed by atoms with E-state index in [0.717, 1.165) is 39.1 Å². The van der Waals surface area contributed by atoms with E-state index in [0.29, 0.717) is 25.4 Å². The van der Waals surface area contributed by atoms with Gasteiger partial charge in [-0.25, -0.2) is 4.79 Å². The van der Waals surface area contributed by atoms with Crippen LogP contribution in [0.4, 0.5) is 4.79 Å². The van der Waals surface area contributed by atoms with E-state index in [-0.39, 0.29) is 6.03 Å². The van der Waals surface area contributed by atoms with Crippen molar-refractivity contribution in [1.82, 2.24) is 14.7 Å². The molecule has 6 nitrogen and oxygen atoms in total. The summed E-state index contributed by atoms with van der Waals surface area (Å²) in [5.74, 6) is -0.537. The second-order valence-electron chi connectivity index (χ2n) is 6.59. The molecule has 0 spiro atoms. The molecule has 120 valence electrons. The van der Waals surface area contributed by atoms with Gasteiger partial charge < -0.3 is 14.9 Å². The van der Waals surface area contributed by atoms with Crippen molar-refractivity contribution in [3.05, 3.63) is 0 Å². The Balaban J connectivity index is 1.82. The first kappa shape index (κ1) is 16.1. The van der Waals surface area contributed by atoms with Crippen molar-refractivity contribution in [2.75, 3.05) is 45.8 Å². The molecule has 0 radical (unpaired) electrons. The largest absolute Gasteiger partial charge is 0.481 e. The Bertz CT molecular complexity index is 378. The molecule has 6 heteroatoms. The van der Waals surface area contributed by atoms with Crippen LogP contribution in [0.25, 0.3) is 0 Å². The number of carboxylic acids is 1. The number of piperazine rings is 1. The average Bonchev–Trinajstić information content (AvgIpc) is 2.47. The highest BCUT2D eigenvalue weighted by atomic mass is 16.4. The first-order valence-corrected chi connectivity index (χ1v) is 7.96. The fourth-order valence-electron chi connectivity index (χ4n) is 3.19.